The first-order valence-electron chi connectivity index (χ1n) is 5.93. The smallest absolute Gasteiger partial charge is 0.143 e. The standard InChI is InChI=1S/C13H17ClFNO/c1-17-11-4-2-3-9(7-11)16-10-5-6-12(14)13(15)8-10/h5-6,8-9,11,16H,2-4,7H2,1H3. The van der Waals surface area contributed by atoms with Crippen LogP contribution in [0.4, 0.5) is 10.1 Å². The zero-order valence-corrected chi connectivity index (χ0v) is 10.6. The second-order valence-corrected chi connectivity index (χ2v) is 4.90. The summed E-state index contributed by atoms with van der Waals surface area (Å²) in [6.07, 6.45) is 4.65. The molecule has 0 amide bonds. The summed E-state index contributed by atoms with van der Waals surface area (Å²) in [4.78, 5) is 0. The molecule has 0 heterocycles. The van der Waals surface area contributed by atoms with Gasteiger partial charge in [-0.05, 0) is 43.9 Å². The summed E-state index contributed by atoms with van der Waals surface area (Å²) in [6.45, 7) is 0. The van der Waals surface area contributed by atoms with E-state index in [1.165, 1.54) is 6.07 Å². The van der Waals surface area contributed by atoms with Crippen molar-refractivity contribution >= 4 is 17.3 Å². The molecule has 2 nitrogen and oxygen atoms in total. The largest absolute Gasteiger partial charge is 0.382 e. The van der Waals surface area contributed by atoms with Gasteiger partial charge in [-0.1, -0.05) is 11.6 Å². The number of anilines is 1. The molecule has 0 aliphatic heterocycles. The van der Waals surface area contributed by atoms with Crippen molar-refractivity contribution in [1.82, 2.24) is 0 Å². The van der Waals surface area contributed by atoms with E-state index in [0.717, 1.165) is 31.4 Å². The second kappa shape index (κ2) is 5.69. The molecule has 0 aromatic heterocycles. The normalized spacial score (nSPS) is 24.6. The quantitative estimate of drug-likeness (QED) is 0.888. The summed E-state index contributed by atoms with van der Waals surface area (Å²) < 4.78 is 18.6. The summed E-state index contributed by atoms with van der Waals surface area (Å²) in [5.41, 5.74) is 0.786. The molecule has 1 aliphatic rings. The van der Waals surface area contributed by atoms with Crippen molar-refractivity contribution in [2.75, 3.05) is 12.4 Å². The maximum Gasteiger partial charge on any atom is 0.143 e. The van der Waals surface area contributed by atoms with Crippen molar-refractivity contribution in [3.05, 3.63) is 29.0 Å². The predicted octanol–water partition coefficient (Wildman–Crippen LogP) is 3.85. The summed E-state index contributed by atoms with van der Waals surface area (Å²) >= 11 is 5.65. The molecule has 0 bridgehead atoms. The number of ether oxygens (including phenoxy) is 1. The van der Waals surface area contributed by atoms with Gasteiger partial charge in [0, 0.05) is 18.8 Å². The molecule has 1 fully saturated rings. The SMILES string of the molecule is COC1CCCC(Nc2ccc(Cl)c(F)c2)C1. The average molecular weight is 258 g/mol. The van der Waals surface area contributed by atoms with Crippen molar-refractivity contribution in [3.8, 4) is 0 Å². The monoisotopic (exact) mass is 257 g/mol. The van der Waals surface area contributed by atoms with Crippen LogP contribution in [0.15, 0.2) is 18.2 Å². The molecule has 0 spiro atoms. The summed E-state index contributed by atoms with van der Waals surface area (Å²) in [5, 5.41) is 3.50. The van der Waals surface area contributed by atoms with Gasteiger partial charge in [-0.3, -0.25) is 0 Å². The van der Waals surface area contributed by atoms with Crippen LogP contribution in [-0.2, 0) is 4.74 Å². The van der Waals surface area contributed by atoms with Crippen LogP contribution >= 0.6 is 11.6 Å². The highest BCUT2D eigenvalue weighted by Crippen LogP contribution is 2.25. The molecule has 1 saturated carbocycles. The molecule has 1 aromatic rings. The minimum atomic E-state index is -0.379. The molecule has 0 radical (unpaired) electrons. The second-order valence-electron chi connectivity index (χ2n) is 4.49. The van der Waals surface area contributed by atoms with Gasteiger partial charge < -0.3 is 10.1 Å². The fraction of sp³-hybridized carbons (Fsp3) is 0.538. The molecule has 17 heavy (non-hydrogen) atoms. The fourth-order valence-corrected chi connectivity index (χ4v) is 2.43. The van der Waals surface area contributed by atoms with Crippen molar-refractivity contribution in [2.45, 2.75) is 37.8 Å². The number of halogens is 2. The molecule has 0 saturated heterocycles. The van der Waals surface area contributed by atoms with Crippen LogP contribution in [0.25, 0.3) is 0 Å². The average Bonchev–Trinajstić information content (AvgIpc) is 2.34. The Balaban J connectivity index is 1.97. The van der Waals surface area contributed by atoms with Crippen LogP contribution in [0.1, 0.15) is 25.7 Å². The molecule has 1 N–H and O–H groups in total. The van der Waals surface area contributed by atoms with E-state index >= 15 is 0 Å². The molecule has 1 aromatic carbocycles. The van der Waals surface area contributed by atoms with Crippen LogP contribution in [0.2, 0.25) is 5.02 Å². The third kappa shape index (κ3) is 3.33. The molecule has 2 unspecified atom stereocenters. The van der Waals surface area contributed by atoms with Crippen LogP contribution < -0.4 is 5.32 Å². The Hall–Kier alpha value is -0.800. The zero-order valence-electron chi connectivity index (χ0n) is 9.88. The molecular weight excluding hydrogens is 241 g/mol. The highest BCUT2D eigenvalue weighted by molar-refractivity contribution is 6.30. The molecule has 4 heteroatoms. The molecule has 2 atom stereocenters. The maximum absolute atomic E-state index is 13.3. The van der Waals surface area contributed by atoms with Gasteiger partial charge in [-0.2, -0.15) is 0 Å². The minimum absolute atomic E-state index is 0.161. The Morgan fingerprint density at radius 1 is 1.41 bits per heavy atom. The lowest BCUT2D eigenvalue weighted by atomic mass is 9.92. The van der Waals surface area contributed by atoms with Crippen LogP contribution in [0.3, 0.4) is 0 Å². The Labute approximate surface area is 106 Å². The number of hydrogen-bond acceptors (Lipinski definition) is 2. The fourth-order valence-electron chi connectivity index (χ4n) is 2.31. The Morgan fingerprint density at radius 3 is 2.94 bits per heavy atom. The number of rotatable bonds is 3. The van der Waals surface area contributed by atoms with Crippen molar-refractivity contribution < 1.29 is 9.13 Å². The summed E-state index contributed by atoms with van der Waals surface area (Å²) in [5.74, 6) is -0.379. The van der Waals surface area contributed by atoms with Gasteiger partial charge in [0.15, 0.2) is 0 Å². The van der Waals surface area contributed by atoms with E-state index in [4.69, 9.17) is 16.3 Å². The highest BCUT2D eigenvalue weighted by Gasteiger charge is 2.21. The van der Waals surface area contributed by atoms with E-state index in [1.807, 2.05) is 6.07 Å². The lowest BCUT2D eigenvalue weighted by Crippen LogP contribution is -2.31. The van der Waals surface area contributed by atoms with E-state index in [-0.39, 0.29) is 10.8 Å². The number of benzene rings is 1. The lowest BCUT2D eigenvalue weighted by molar-refractivity contribution is 0.0669. The van der Waals surface area contributed by atoms with E-state index in [2.05, 4.69) is 5.32 Å². The topological polar surface area (TPSA) is 21.3 Å². The first-order chi connectivity index (χ1) is 8.19. The first kappa shape index (κ1) is 12.7. The van der Waals surface area contributed by atoms with Crippen molar-refractivity contribution in [2.24, 2.45) is 0 Å². The van der Waals surface area contributed by atoms with Crippen molar-refractivity contribution in [3.63, 3.8) is 0 Å². The summed E-state index contributed by atoms with van der Waals surface area (Å²) in [7, 11) is 1.75. The van der Waals surface area contributed by atoms with Gasteiger partial charge in [0.2, 0.25) is 0 Å². The van der Waals surface area contributed by atoms with Gasteiger partial charge in [0.05, 0.1) is 11.1 Å². The Bertz CT molecular complexity index is 386. The van der Waals surface area contributed by atoms with Gasteiger partial charge in [-0.25, -0.2) is 4.39 Å². The predicted molar refractivity (Wildman–Crippen MR) is 68.1 cm³/mol. The number of methoxy groups -OCH3 is 1. The molecular formula is C13H17ClFNO. The van der Waals surface area contributed by atoms with E-state index in [9.17, 15) is 4.39 Å². The summed E-state index contributed by atoms with van der Waals surface area (Å²) in [6, 6.07) is 5.19. The Kier molecular flexibility index (Phi) is 4.24. The third-order valence-corrected chi connectivity index (χ3v) is 3.56. The van der Waals surface area contributed by atoms with Gasteiger partial charge in [0.25, 0.3) is 0 Å². The van der Waals surface area contributed by atoms with E-state index < -0.39 is 0 Å². The van der Waals surface area contributed by atoms with Crippen LogP contribution in [0, 0.1) is 5.82 Å². The van der Waals surface area contributed by atoms with E-state index in [1.54, 1.807) is 13.2 Å². The first-order valence-corrected chi connectivity index (χ1v) is 6.31. The van der Waals surface area contributed by atoms with Crippen molar-refractivity contribution in [1.29, 1.82) is 0 Å². The van der Waals surface area contributed by atoms with Gasteiger partial charge in [0.1, 0.15) is 5.82 Å². The van der Waals surface area contributed by atoms with Gasteiger partial charge >= 0.3 is 0 Å². The number of nitrogens with one attached hydrogen (secondary N) is 1. The number of hydrogen-bond donors (Lipinski definition) is 1. The third-order valence-electron chi connectivity index (χ3n) is 3.25. The molecule has 1 aliphatic carbocycles. The van der Waals surface area contributed by atoms with Crippen LogP contribution in [-0.4, -0.2) is 19.3 Å². The van der Waals surface area contributed by atoms with Gasteiger partial charge in [-0.15, -0.1) is 0 Å². The Morgan fingerprint density at radius 2 is 2.24 bits per heavy atom. The van der Waals surface area contributed by atoms with Crippen LogP contribution in [0.5, 0.6) is 0 Å². The molecule has 94 valence electrons. The molecule has 2 rings (SSSR count). The van der Waals surface area contributed by atoms with E-state index in [0.29, 0.717) is 12.1 Å². The maximum atomic E-state index is 13.3. The lowest BCUT2D eigenvalue weighted by Gasteiger charge is -2.29. The highest BCUT2D eigenvalue weighted by atomic mass is 35.5. The minimum Gasteiger partial charge on any atom is -0.382 e. The zero-order chi connectivity index (χ0) is 12.3.